The minimum atomic E-state index is -0.527. The molecule has 0 aliphatic carbocycles. The molecule has 3 rings (SSSR count). The molecule has 3 heterocycles. The van der Waals surface area contributed by atoms with Crippen molar-refractivity contribution in [1.29, 1.82) is 0 Å². The molecule has 2 aliphatic heterocycles. The van der Waals surface area contributed by atoms with Gasteiger partial charge >= 0.3 is 7.12 Å². The summed E-state index contributed by atoms with van der Waals surface area (Å²) in [5.41, 5.74) is 0.226. The van der Waals surface area contributed by atoms with E-state index < -0.39 is 12.9 Å². The lowest BCUT2D eigenvalue weighted by molar-refractivity contribution is -0.143. The molecule has 2 fully saturated rings. The summed E-state index contributed by atoms with van der Waals surface area (Å²) in [7, 11) is -0.391. The van der Waals surface area contributed by atoms with Crippen LogP contribution in [-0.4, -0.2) is 46.6 Å². The van der Waals surface area contributed by atoms with Crippen LogP contribution in [0, 0.1) is 0 Å². The molecule has 1 aromatic heterocycles. The van der Waals surface area contributed by atoms with Crippen LogP contribution in [-0.2, 0) is 18.8 Å². The fourth-order valence-corrected chi connectivity index (χ4v) is 2.80. The predicted octanol–water partition coefficient (Wildman–Crippen LogP) is 1.89. The molecule has 1 aromatic rings. The highest BCUT2D eigenvalue weighted by Gasteiger charge is 2.52. The second-order valence-electron chi connectivity index (χ2n) is 7.95. The molecular weight excluding hydrogens is 295 g/mol. The zero-order valence-corrected chi connectivity index (χ0v) is 15.1. The van der Waals surface area contributed by atoms with E-state index in [4.69, 9.17) is 18.8 Å². The molecule has 6 nitrogen and oxygen atoms in total. The van der Waals surface area contributed by atoms with Gasteiger partial charge in [-0.25, -0.2) is 0 Å². The van der Waals surface area contributed by atoms with E-state index in [9.17, 15) is 0 Å². The Morgan fingerprint density at radius 3 is 2.30 bits per heavy atom. The van der Waals surface area contributed by atoms with Crippen LogP contribution in [0.5, 0.6) is 0 Å². The molecule has 0 aromatic carbocycles. The molecule has 2 unspecified atom stereocenters. The van der Waals surface area contributed by atoms with Gasteiger partial charge in [0, 0.05) is 17.9 Å². The lowest BCUT2D eigenvalue weighted by atomic mass is 9.82. The van der Waals surface area contributed by atoms with E-state index >= 15 is 0 Å². The lowest BCUT2D eigenvalue weighted by Gasteiger charge is -2.32. The summed E-state index contributed by atoms with van der Waals surface area (Å²) >= 11 is 0. The van der Waals surface area contributed by atoms with Gasteiger partial charge in [-0.1, -0.05) is 0 Å². The van der Waals surface area contributed by atoms with Crippen LogP contribution in [0.1, 0.15) is 54.5 Å². The van der Waals surface area contributed by atoms with E-state index in [1.165, 1.54) is 0 Å². The Morgan fingerprint density at radius 1 is 1.17 bits per heavy atom. The fraction of sp³-hybridized carbons (Fsp3) is 0.812. The molecule has 2 saturated heterocycles. The highest BCUT2D eigenvalue weighted by Crippen LogP contribution is 2.36. The van der Waals surface area contributed by atoms with Crippen molar-refractivity contribution in [3.05, 3.63) is 12.4 Å². The lowest BCUT2D eigenvalue weighted by Crippen LogP contribution is -2.41. The quantitative estimate of drug-likeness (QED) is 0.796. The zero-order valence-electron chi connectivity index (χ0n) is 15.1. The van der Waals surface area contributed by atoms with E-state index in [0.717, 1.165) is 5.46 Å². The van der Waals surface area contributed by atoms with Crippen molar-refractivity contribution in [2.24, 2.45) is 0 Å². The molecule has 2 aliphatic rings. The van der Waals surface area contributed by atoms with E-state index in [1.807, 2.05) is 52.4 Å². The first-order valence-corrected chi connectivity index (χ1v) is 8.22. The fourth-order valence-electron chi connectivity index (χ4n) is 2.80. The summed E-state index contributed by atoms with van der Waals surface area (Å²) in [6.45, 7) is 14.7. The Hall–Kier alpha value is -0.885. The summed E-state index contributed by atoms with van der Waals surface area (Å²) in [6.07, 6.45) is 3.76. The van der Waals surface area contributed by atoms with Crippen LogP contribution >= 0.6 is 0 Å². The third-order valence-corrected chi connectivity index (χ3v) is 5.13. The molecule has 7 heteroatoms. The zero-order chi connectivity index (χ0) is 17.0. The van der Waals surface area contributed by atoms with Crippen LogP contribution in [0.3, 0.4) is 0 Å². The maximum absolute atomic E-state index is 6.07. The maximum atomic E-state index is 6.07. The molecule has 0 spiro atoms. The van der Waals surface area contributed by atoms with E-state index in [1.54, 1.807) is 6.20 Å². The largest absolute Gasteiger partial charge is 0.498 e. The van der Waals surface area contributed by atoms with Gasteiger partial charge in [0.1, 0.15) is 6.10 Å². The number of nitrogens with zero attached hydrogens (tertiary/aromatic N) is 2. The number of rotatable bonds is 3. The molecule has 0 saturated carbocycles. The molecule has 23 heavy (non-hydrogen) atoms. The highest BCUT2D eigenvalue weighted by atomic mass is 16.7. The Bertz CT molecular complexity index is 568. The molecule has 0 bridgehead atoms. The van der Waals surface area contributed by atoms with Crippen molar-refractivity contribution in [1.82, 2.24) is 9.78 Å². The summed E-state index contributed by atoms with van der Waals surface area (Å²) in [5, 5.41) is 4.47. The first-order valence-electron chi connectivity index (χ1n) is 8.22. The minimum Gasteiger partial charge on any atom is -0.399 e. The summed E-state index contributed by atoms with van der Waals surface area (Å²) in [5.74, 6) is -0.527. The maximum Gasteiger partial charge on any atom is 0.498 e. The molecule has 0 radical (unpaired) electrons. The smallest absolute Gasteiger partial charge is 0.399 e. The second kappa shape index (κ2) is 5.31. The average molecular weight is 322 g/mol. The standard InChI is InChI=1S/C16H27BN2O4/c1-11(13-10-20-16(6,7)21-13)19-9-12(8-18-19)17-22-14(2,3)15(4,5)23-17/h8-9,11,13H,10H2,1-7H3. The van der Waals surface area contributed by atoms with Crippen molar-refractivity contribution < 1.29 is 18.8 Å². The summed E-state index contributed by atoms with van der Waals surface area (Å²) in [4.78, 5) is 0. The van der Waals surface area contributed by atoms with Gasteiger partial charge < -0.3 is 18.8 Å². The molecule has 128 valence electrons. The Morgan fingerprint density at radius 2 is 1.78 bits per heavy atom. The summed E-state index contributed by atoms with van der Waals surface area (Å²) in [6, 6.07) is 0.0768. The molecule has 0 N–H and O–H groups in total. The van der Waals surface area contributed by atoms with Crippen LogP contribution in [0.25, 0.3) is 0 Å². The highest BCUT2D eigenvalue weighted by molar-refractivity contribution is 6.61. The van der Waals surface area contributed by atoms with Crippen LogP contribution in [0.2, 0.25) is 0 Å². The van der Waals surface area contributed by atoms with Gasteiger partial charge in [0.2, 0.25) is 0 Å². The first kappa shape index (κ1) is 17.0. The van der Waals surface area contributed by atoms with E-state index in [0.29, 0.717) is 6.61 Å². The van der Waals surface area contributed by atoms with Gasteiger partial charge in [-0.3, -0.25) is 4.68 Å². The van der Waals surface area contributed by atoms with Crippen molar-refractivity contribution in [3.8, 4) is 0 Å². The van der Waals surface area contributed by atoms with Gasteiger partial charge in [0.25, 0.3) is 0 Å². The predicted molar refractivity (Wildman–Crippen MR) is 87.6 cm³/mol. The third kappa shape index (κ3) is 3.07. The normalized spacial score (nSPS) is 29.9. The van der Waals surface area contributed by atoms with Crippen molar-refractivity contribution in [3.63, 3.8) is 0 Å². The van der Waals surface area contributed by atoms with Gasteiger partial charge in [-0.05, 0) is 48.5 Å². The van der Waals surface area contributed by atoms with Gasteiger partial charge in [-0.15, -0.1) is 0 Å². The Labute approximate surface area is 138 Å². The summed E-state index contributed by atoms with van der Waals surface area (Å²) < 4.78 is 25.6. The number of hydrogen-bond donors (Lipinski definition) is 0. The van der Waals surface area contributed by atoms with Gasteiger partial charge in [0.05, 0.1) is 23.9 Å². The van der Waals surface area contributed by atoms with E-state index in [-0.39, 0.29) is 23.3 Å². The Kier molecular flexibility index (Phi) is 3.91. The number of aromatic nitrogens is 2. The average Bonchev–Trinajstić information content (AvgIpc) is 3.07. The van der Waals surface area contributed by atoms with Crippen LogP contribution in [0.4, 0.5) is 0 Å². The SMILES string of the molecule is CC(C1COC(C)(C)O1)n1cc(B2OC(C)(C)C(C)(C)O2)cn1. The van der Waals surface area contributed by atoms with Crippen LogP contribution in [0.15, 0.2) is 12.4 Å². The first-order chi connectivity index (χ1) is 10.5. The second-order valence-corrected chi connectivity index (χ2v) is 7.95. The van der Waals surface area contributed by atoms with Gasteiger partial charge in [0.15, 0.2) is 5.79 Å². The monoisotopic (exact) mass is 322 g/mol. The van der Waals surface area contributed by atoms with E-state index in [2.05, 4.69) is 12.0 Å². The van der Waals surface area contributed by atoms with Crippen molar-refractivity contribution in [2.75, 3.05) is 6.61 Å². The van der Waals surface area contributed by atoms with Crippen LogP contribution < -0.4 is 5.46 Å². The van der Waals surface area contributed by atoms with Gasteiger partial charge in [-0.2, -0.15) is 5.10 Å². The van der Waals surface area contributed by atoms with Crippen molar-refractivity contribution >= 4 is 12.6 Å². The number of ether oxygens (including phenoxy) is 2. The molecular formula is C16H27BN2O4. The third-order valence-electron chi connectivity index (χ3n) is 5.13. The molecule has 0 amide bonds. The number of hydrogen-bond acceptors (Lipinski definition) is 5. The van der Waals surface area contributed by atoms with Crippen molar-refractivity contribution in [2.45, 2.75) is 77.6 Å². The Balaban J connectivity index is 1.72. The topological polar surface area (TPSA) is 54.7 Å². The minimum absolute atomic E-state index is 0.0175. The molecule has 2 atom stereocenters.